The molecule has 28 heavy (non-hydrogen) atoms. The van der Waals surface area contributed by atoms with Gasteiger partial charge in [-0.15, -0.1) is 0 Å². The van der Waals surface area contributed by atoms with Crippen molar-refractivity contribution >= 4 is 17.9 Å². The van der Waals surface area contributed by atoms with Gasteiger partial charge in [-0.1, -0.05) is 66.7 Å². The van der Waals surface area contributed by atoms with Crippen LogP contribution in [-0.4, -0.2) is 34.1 Å². The Hall–Kier alpha value is -2.23. The summed E-state index contributed by atoms with van der Waals surface area (Å²) in [5.74, 6) is 0. The quantitative estimate of drug-likeness (QED) is 0.575. The molecule has 0 amide bonds. The van der Waals surface area contributed by atoms with Crippen molar-refractivity contribution in [2.75, 3.05) is 13.2 Å². The Kier molecular flexibility index (Phi) is 6.82. The molecule has 0 radical (unpaired) electrons. The average molecular weight is 395 g/mol. The van der Waals surface area contributed by atoms with Crippen molar-refractivity contribution in [2.24, 2.45) is 0 Å². The van der Waals surface area contributed by atoms with E-state index in [1.54, 1.807) is 0 Å². The maximum atomic E-state index is 14.7. The van der Waals surface area contributed by atoms with Crippen LogP contribution in [0, 0.1) is 0 Å². The van der Waals surface area contributed by atoms with Crippen LogP contribution in [0.2, 0.25) is 0 Å². The molecule has 0 aliphatic carbocycles. The standard InChI is InChI=1S/C23H26NO3P/c1-19(20-11-5-2-6-12-20)24(17-21(26)18-25)28(27,22-13-7-3-8-14-22)23-15-9-4-10-16-23/h2-16,19,21,25-26H,17-18H2,1H3/t19-,21+/m1/s1. The molecule has 2 N–H and O–H groups in total. The molecule has 0 aliphatic heterocycles. The topological polar surface area (TPSA) is 60.8 Å². The molecular weight excluding hydrogens is 369 g/mol. The van der Waals surface area contributed by atoms with Crippen molar-refractivity contribution in [1.82, 2.24) is 4.67 Å². The number of aliphatic hydroxyl groups excluding tert-OH is 2. The van der Waals surface area contributed by atoms with E-state index in [2.05, 4.69) is 0 Å². The molecule has 0 unspecified atom stereocenters. The van der Waals surface area contributed by atoms with Crippen molar-refractivity contribution in [3.05, 3.63) is 96.6 Å². The summed E-state index contributed by atoms with van der Waals surface area (Å²) in [6.07, 6.45) is -0.994. The summed E-state index contributed by atoms with van der Waals surface area (Å²) >= 11 is 0. The van der Waals surface area contributed by atoms with Gasteiger partial charge in [-0.25, -0.2) is 4.67 Å². The number of hydrogen-bond donors (Lipinski definition) is 2. The molecule has 4 nitrogen and oxygen atoms in total. The third-order valence-electron chi connectivity index (χ3n) is 4.91. The Morgan fingerprint density at radius 2 is 1.25 bits per heavy atom. The first kappa shape index (κ1) is 20.5. The highest BCUT2D eigenvalue weighted by molar-refractivity contribution is 7.76. The minimum Gasteiger partial charge on any atom is -0.394 e. The average Bonchev–Trinajstić information content (AvgIpc) is 2.78. The highest BCUT2D eigenvalue weighted by atomic mass is 31.2. The summed E-state index contributed by atoms with van der Waals surface area (Å²) in [5.41, 5.74) is 1.000. The minimum absolute atomic E-state index is 0.0909. The lowest BCUT2D eigenvalue weighted by Gasteiger charge is -2.38. The van der Waals surface area contributed by atoms with Gasteiger partial charge in [0.1, 0.15) is 0 Å². The number of aliphatic hydroxyl groups is 2. The third kappa shape index (κ3) is 4.26. The molecule has 0 aromatic heterocycles. The molecular formula is C23H26NO3P. The van der Waals surface area contributed by atoms with Crippen LogP contribution >= 0.6 is 7.29 Å². The van der Waals surface area contributed by atoms with Crippen LogP contribution in [0.15, 0.2) is 91.0 Å². The van der Waals surface area contributed by atoms with E-state index >= 15 is 0 Å². The van der Waals surface area contributed by atoms with Crippen LogP contribution in [-0.2, 0) is 4.57 Å². The van der Waals surface area contributed by atoms with Crippen LogP contribution in [0.25, 0.3) is 0 Å². The zero-order valence-electron chi connectivity index (χ0n) is 15.9. The van der Waals surface area contributed by atoms with Crippen LogP contribution < -0.4 is 10.6 Å². The monoisotopic (exact) mass is 395 g/mol. The van der Waals surface area contributed by atoms with Gasteiger partial charge in [0.25, 0.3) is 0 Å². The Morgan fingerprint density at radius 1 is 0.821 bits per heavy atom. The van der Waals surface area contributed by atoms with E-state index in [9.17, 15) is 14.8 Å². The Labute approximate surface area is 166 Å². The molecule has 3 aromatic rings. The highest BCUT2D eigenvalue weighted by Crippen LogP contribution is 2.52. The zero-order valence-corrected chi connectivity index (χ0v) is 16.8. The number of hydrogen-bond acceptors (Lipinski definition) is 3. The molecule has 0 bridgehead atoms. The first-order valence-corrected chi connectivity index (χ1v) is 11.1. The predicted molar refractivity (Wildman–Crippen MR) is 114 cm³/mol. The van der Waals surface area contributed by atoms with Crippen molar-refractivity contribution in [3.63, 3.8) is 0 Å². The largest absolute Gasteiger partial charge is 0.394 e. The Morgan fingerprint density at radius 3 is 1.68 bits per heavy atom. The number of benzene rings is 3. The SMILES string of the molecule is C[C@H](c1ccccc1)N(C[C@H](O)CO)P(=O)(c1ccccc1)c1ccccc1. The van der Waals surface area contributed by atoms with Crippen LogP contribution in [0.3, 0.4) is 0 Å². The summed E-state index contributed by atoms with van der Waals surface area (Å²) in [6.45, 7) is 1.69. The van der Waals surface area contributed by atoms with E-state index in [0.29, 0.717) is 10.6 Å². The molecule has 0 aliphatic rings. The lowest BCUT2D eigenvalue weighted by atomic mass is 10.1. The van der Waals surface area contributed by atoms with Crippen LogP contribution in [0.4, 0.5) is 0 Å². The van der Waals surface area contributed by atoms with E-state index in [-0.39, 0.29) is 19.2 Å². The molecule has 0 heterocycles. The van der Waals surface area contributed by atoms with E-state index in [1.807, 2.05) is 103 Å². The van der Waals surface area contributed by atoms with Crippen molar-refractivity contribution in [3.8, 4) is 0 Å². The summed E-state index contributed by atoms with van der Waals surface area (Å²) in [7, 11) is -3.26. The van der Waals surface area contributed by atoms with Gasteiger partial charge in [-0.3, -0.25) is 4.57 Å². The summed E-state index contributed by atoms with van der Waals surface area (Å²) in [4.78, 5) is 0. The number of nitrogens with zero attached hydrogens (tertiary/aromatic N) is 1. The second-order valence-electron chi connectivity index (χ2n) is 6.79. The fraction of sp³-hybridized carbons (Fsp3) is 0.217. The normalized spacial score (nSPS) is 14.0. The van der Waals surface area contributed by atoms with Crippen molar-refractivity contribution in [1.29, 1.82) is 0 Å². The van der Waals surface area contributed by atoms with Gasteiger partial charge in [0.2, 0.25) is 7.29 Å². The molecule has 2 atom stereocenters. The first-order chi connectivity index (χ1) is 13.6. The highest BCUT2D eigenvalue weighted by Gasteiger charge is 2.38. The second-order valence-corrected chi connectivity index (χ2v) is 9.49. The van der Waals surface area contributed by atoms with E-state index in [0.717, 1.165) is 5.56 Å². The summed E-state index contributed by atoms with van der Waals surface area (Å²) < 4.78 is 16.6. The van der Waals surface area contributed by atoms with Crippen LogP contribution in [0.5, 0.6) is 0 Å². The lowest BCUT2D eigenvalue weighted by molar-refractivity contribution is 0.0726. The van der Waals surface area contributed by atoms with Gasteiger partial charge < -0.3 is 10.2 Å². The Balaban J connectivity index is 2.18. The van der Waals surface area contributed by atoms with Gasteiger partial charge >= 0.3 is 0 Å². The van der Waals surface area contributed by atoms with Gasteiger partial charge in [0.15, 0.2) is 0 Å². The fourth-order valence-electron chi connectivity index (χ4n) is 3.40. The first-order valence-electron chi connectivity index (χ1n) is 9.39. The van der Waals surface area contributed by atoms with Gasteiger partial charge in [0, 0.05) is 23.2 Å². The smallest absolute Gasteiger partial charge is 0.207 e. The third-order valence-corrected chi connectivity index (χ3v) is 8.14. The maximum absolute atomic E-state index is 14.7. The molecule has 3 rings (SSSR count). The van der Waals surface area contributed by atoms with Crippen molar-refractivity contribution < 1.29 is 14.8 Å². The van der Waals surface area contributed by atoms with Gasteiger partial charge in [-0.05, 0) is 36.8 Å². The van der Waals surface area contributed by atoms with E-state index < -0.39 is 13.4 Å². The Bertz CT molecular complexity index is 859. The maximum Gasteiger partial charge on any atom is 0.207 e. The molecule has 0 saturated heterocycles. The van der Waals surface area contributed by atoms with Gasteiger partial charge in [-0.2, -0.15) is 0 Å². The molecule has 5 heteroatoms. The van der Waals surface area contributed by atoms with Gasteiger partial charge in [0.05, 0.1) is 12.7 Å². The lowest BCUT2D eigenvalue weighted by Crippen LogP contribution is -2.40. The van der Waals surface area contributed by atoms with E-state index in [4.69, 9.17) is 0 Å². The molecule has 146 valence electrons. The fourth-order valence-corrected chi connectivity index (χ4v) is 6.48. The second kappa shape index (κ2) is 9.31. The zero-order chi connectivity index (χ0) is 20.0. The molecule has 0 fully saturated rings. The summed E-state index contributed by atoms with van der Waals surface area (Å²) in [5, 5.41) is 21.2. The number of rotatable bonds is 8. The van der Waals surface area contributed by atoms with Crippen molar-refractivity contribution in [2.45, 2.75) is 19.1 Å². The van der Waals surface area contributed by atoms with Crippen LogP contribution in [0.1, 0.15) is 18.5 Å². The molecule has 3 aromatic carbocycles. The molecule has 0 spiro atoms. The predicted octanol–water partition coefficient (Wildman–Crippen LogP) is 3.33. The molecule has 0 saturated carbocycles. The minimum atomic E-state index is -3.26. The van der Waals surface area contributed by atoms with E-state index in [1.165, 1.54) is 0 Å². The summed E-state index contributed by atoms with van der Waals surface area (Å²) in [6, 6.07) is 28.3.